The van der Waals surface area contributed by atoms with E-state index in [4.69, 9.17) is 4.98 Å². The van der Waals surface area contributed by atoms with E-state index in [0.717, 1.165) is 28.1 Å². The summed E-state index contributed by atoms with van der Waals surface area (Å²) in [6, 6.07) is 2.59. The number of nitrogens with one attached hydrogen (secondary N) is 1. The highest BCUT2D eigenvalue weighted by Crippen LogP contribution is 2.39. The molecule has 0 amide bonds. The second-order valence-electron chi connectivity index (χ2n) is 6.65. The van der Waals surface area contributed by atoms with Crippen LogP contribution in [0.3, 0.4) is 0 Å². The summed E-state index contributed by atoms with van der Waals surface area (Å²) in [6.45, 7) is 4.69. The van der Waals surface area contributed by atoms with Crippen LogP contribution >= 0.6 is 15.9 Å². The molecule has 20 heavy (non-hydrogen) atoms. The minimum absolute atomic E-state index is 0.567. The highest BCUT2D eigenvalue weighted by atomic mass is 79.9. The zero-order valence-corrected chi connectivity index (χ0v) is 14.0. The Bertz CT molecular complexity index is 471. The van der Waals surface area contributed by atoms with Gasteiger partial charge in [-0.2, -0.15) is 0 Å². The lowest BCUT2D eigenvalue weighted by Gasteiger charge is -2.35. The molecular formula is C16H24BrN3. The molecule has 0 aromatic carbocycles. The molecule has 1 heterocycles. The fourth-order valence-corrected chi connectivity index (χ4v) is 3.76. The van der Waals surface area contributed by atoms with Crippen molar-refractivity contribution in [3.8, 4) is 0 Å². The van der Waals surface area contributed by atoms with Crippen LogP contribution in [-0.4, -0.2) is 16.0 Å². The number of nitrogens with zero attached hydrogens (tertiary/aromatic N) is 2. The molecule has 1 aromatic rings. The SMILES string of the molecule is CC(C)C1CCCCC1Nc1cc(Br)nc(C2CC2)n1. The predicted molar refractivity (Wildman–Crippen MR) is 85.9 cm³/mol. The molecule has 0 radical (unpaired) electrons. The van der Waals surface area contributed by atoms with E-state index in [1.54, 1.807) is 0 Å². The molecular weight excluding hydrogens is 314 g/mol. The second kappa shape index (κ2) is 6.00. The first-order chi connectivity index (χ1) is 9.63. The summed E-state index contributed by atoms with van der Waals surface area (Å²) in [5, 5.41) is 3.70. The average molecular weight is 338 g/mol. The third kappa shape index (κ3) is 3.33. The zero-order valence-electron chi connectivity index (χ0n) is 12.4. The van der Waals surface area contributed by atoms with Crippen LogP contribution in [0, 0.1) is 11.8 Å². The van der Waals surface area contributed by atoms with Crippen LogP contribution in [0.15, 0.2) is 10.7 Å². The molecule has 4 heteroatoms. The summed E-state index contributed by atoms with van der Waals surface area (Å²) >= 11 is 3.53. The van der Waals surface area contributed by atoms with Gasteiger partial charge in [-0.15, -0.1) is 0 Å². The summed E-state index contributed by atoms with van der Waals surface area (Å²) in [7, 11) is 0. The van der Waals surface area contributed by atoms with Crippen molar-refractivity contribution >= 4 is 21.7 Å². The van der Waals surface area contributed by atoms with Crippen molar-refractivity contribution in [2.75, 3.05) is 5.32 Å². The molecule has 110 valence electrons. The van der Waals surface area contributed by atoms with Gasteiger partial charge in [-0.3, -0.25) is 0 Å². The van der Waals surface area contributed by atoms with Crippen molar-refractivity contribution in [3.05, 3.63) is 16.5 Å². The van der Waals surface area contributed by atoms with E-state index < -0.39 is 0 Å². The molecule has 1 aromatic heterocycles. The van der Waals surface area contributed by atoms with Gasteiger partial charge in [-0.1, -0.05) is 26.7 Å². The predicted octanol–water partition coefficient (Wildman–Crippen LogP) is 4.74. The number of halogens is 1. The summed E-state index contributed by atoms with van der Waals surface area (Å²) in [5.41, 5.74) is 0. The highest BCUT2D eigenvalue weighted by Gasteiger charge is 2.29. The van der Waals surface area contributed by atoms with Gasteiger partial charge >= 0.3 is 0 Å². The Morgan fingerprint density at radius 3 is 2.60 bits per heavy atom. The van der Waals surface area contributed by atoms with Crippen LogP contribution in [0.4, 0.5) is 5.82 Å². The summed E-state index contributed by atoms with van der Waals surface area (Å²) in [6.07, 6.45) is 7.81. The lowest BCUT2D eigenvalue weighted by molar-refractivity contribution is 0.253. The van der Waals surface area contributed by atoms with Gasteiger partial charge in [0.15, 0.2) is 0 Å². The molecule has 2 unspecified atom stereocenters. The fraction of sp³-hybridized carbons (Fsp3) is 0.750. The minimum atomic E-state index is 0.567. The molecule has 0 saturated heterocycles. The summed E-state index contributed by atoms with van der Waals surface area (Å²) in [4.78, 5) is 9.24. The number of hydrogen-bond acceptors (Lipinski definition) is 3. The van der Waals surface area contributed by atoms with Gasteiger partial charge in [0.05, 0.1) is 0 Å². The van der Waals surface area contributed by atoms with Crippen molar-refractivity contribution in [2.45, 2.75) is 64.3 Å². The molecule has 2 atom stereocenters. The molecule has 3 nitrogen and oxygen atoms in total. The number of aromatic nitrogens is 2. The largest absolute Gasteiger partial charge is 0.367 e. The van der Waals surface area contributed by atoms with Crippen LogP contribution < -0.4 is 5.32 Å². The van der Waals surface area contributed by atoms with E-state index in [9.17, 15) is 0 Å². The molecule has 1 N–H and O–H groups in total. The molecule has 0 spiro atoms. The maximum absolute atomic E-state index is 4.73. The van der Waals surface area contributed by atoms with Crippen molar-refractivity contribution in [1.29, 1.82) is 0 Å². The van der Waals surface area contributed by atoms with Crippen LogP contribution in [0.2, 0.25) is 0 Å². The van der Waals surface area contributed by atoms with E-state index in [-0.39, 0.29) is 0 Å². The topological polar surface area (TPSA) is 37.8 Å². The lowest BCUT2D eigenvalue weighted by atomic mass is 9.78. The Kier molecular flexibility index (Phi) is 4.29. The number of rotatable bonds is 4. The first kappa shape index (κ1) is 14.3. The van der Waals surface area contributed by atoms with E-state index >= 15 is 0 Å². The molecule has 0 aliphatic heterocycles. The van der Waals surface area contributed by atoms with Crippen LogP contribution in [0.5, 0.6) is 0 Å². The highest BCUT2D eigenvalue weighted by molar-refractivity contribution is 9.10. The zero-order chi connectivity index (χ0) is 14.1. The van der Waals surface area contributed by atoms with Gasteiger partial charge in [0.1, 0.15) is 16.2 Å². The Labute approximate surface area is 130 Å². The molecule has 3 rings (SSSR count). The minimum Gasteiger partial charge on any atom is -0.367 e. The quantitative estimate of drug-likeness (QED) is 0.806. The Morgan fingerprint density at radius 2 is 1.90 bits per heavy atom. The van der Waals surface area contributed by atoms with E-state index in [2.05, 4.69) is 40.1 Å². The smallest absolute Gasteiger partial charge is 0.135 e. The Balaban J connectivity index is 1.75. The van der Waals surface area contributed by atoms with Crippen molar-refractivity contribution in [1.82, 2.24) is 9.97 Å². The molecule has 2 aliphatic carbocycles. The normalized spacial score (nSPS) is 26.8. The lowest BCUT2D eigenvalue weighted by Crippen LogP contribution is -2.35. The number of anilines is 1. The van der Waals surface area contributed by atoms with E-state index in [1.807, 2.05) is 6.07 Å². The number of hydrogen-bond donors (Lipinski definition) is 1. The van der Waals surface area contributed by atoms with Crippen LogP contribution in [0.1, 0.15) is 64.1 Å². The van der Waals surface area contributed by atoms with E-state index in [0.29, 0.717) is 12.0 Å². The average Bonchev–Trinajstić information content (AvgIpc) is 3.22. The van der Waals surface area contributed by atoms with Gasteiger partial charge < -0.3 is 5.32 Å². The molecule has 2 fully saturated rings. The van der Waals surface area contributed by atoms with Crippen LogP contribution in [-0.2, 0) is 0 Å². The second-order valence-corrected chi connectivity index (χ2v) is 7.46. The van der Waals surface area contributed by atoms with Gasteiger partial charge in [-0.05, 0) is 53.4 Å². The monoisotopic (exact) mass is 337 g/mol. The summed E-state index contributed by atoms with van der Waals surface area (Å²) in [5.74, 6) is 4.12. The standard InChI is InChI=1S/C16H24BrN3/c1-10(2)12-5-3-4-6-13(12)18-15-9-14(17)19-16(20-15)11-7-8-11/h9-13H,3-8H2,1-2H3,(H,18,19,20). The molecule has 2 aliphatic rings. The Hall–Kier alpha value is -0.640. The maximum atomic E-state index is 4.73. The summed E-state index contributed by atoms with van der Waals surface area (Å²) < 4.78 is 0.911. The van der Waals surface area contributed by atoms with Gasteiger partial charge in [-0.25, -0.2) is 9.97 Å². The van der Waals surface area contributed by atoms with Gasteiger partial charge in [0.2, 0.25) is 0 Å². The third-order valence-electron chi connectivity index (χ3n) is 4.66. The molecule has 2 saturated carbocycles. The Morgan fingerprint density at radius 1 is 1.15 bits per heavy atom. The third-order valence-corrected chi connectivity index (χ3v) is 5.07. The van der Waals surface area contributed by atoms with Crippen molar-refractivity contribution in [2.24, 2.45) is 11.8 Å². The first-order valence-electron chi connectivity index (χ1n) is 7.94. The molecule has 0 bridgehead atoms. The first-order valence-corrected chi connectivity index (χ1v) is 8.74. The van der Waals surface area contributed by atoms with Gasteiger partial charge in [0, 0.05) is 18.0 Å². The van der Waals surface area contributed by atoms with Crippen LogP contribution in [0.25, 0.3) is 0 Å². The maximum Gasteiger partial charge on any atom is 0.135 e. The van der Waals surface area contributed by atoms with Crippen molar-refractivity contribution in [3.63, 3.8) is 0 Å². The van der Waals surface area contributed by atoms with E-state index in [1.165, 1.54) is 38.5 Å². The van der Waals surface area contributed by atoms with Gasteiger partial charge in [0.25, 0.3) is 0 Å². The fourth-order valence-electron chi connectivity index (χ4n) is 3.36. The van der Waals surface area contributed by atoms with Crippen molar-refractivity contribution < 1.29 is 0 Å².